The first-order valence-electron chi connectivity index (χ1n) is 8.55. The van der Waals surface area contributed by atoms with E-state index in [0.717, 1.165) is 0 Å². The van der Waals surface area contributed by atoms with Gasteiger partial charge in [0.05, 0.1) is 22.2 Å². The summed E-state index contributed by atoms with van der Waals surface area (Å²) in [4.78, 5) is 61.9. The number of amides is 2. The molecule has 1 aromatic heterocycles. The maximum Gasteiger partial charge on any atom is 0.356 e. The molecule has 30 heavy (non-hydrogen) atoms. The Hall–Kier alpha value is -4.47. The number of aromatic hydroxyl groups is 1. The number of hydrogen-bond donors (Lipinski definition) is 3. The molecule has 4 rings (SSSR count). The molecule has 0 fully saturated rings. The minimum absolute atomic E-state index is 0.00299. The number of carboxylic acid groups (broad SMARTS) is 2. The summed E-state index contributed by atoms with van der Waals surface area (Å²) in [5.41, 5.74) is -2.35. The molecule has 0 aliphatic carbocycles. The van der Waals surface area contributed by atoms with Crippen LogP contribution < -0.4 is 5.56 Å². The first-order valence-corrected chi connectivity index (χ1v) is 8.55. The summed E-state index contributed by atoms with van der Waals surface area (Å²) < 4.78 is 0.647. The van der Waals surface area contributed by atoms with Crippen molar-refractivity contribution in [3.8, 4) is 11.4 Å². The topological polar surface area (TPSA) is 154 Å². The predicted molar refractivity (Wildman–Crippen MR) is 101 cm³/mol. The molecular formula is C20H12N2O8. The fourth-order valence-electron chi connectivity index (χ4n) is 3.54. The van der Waals surface area contributed by atoms with Crippen molar-refractivity contribution in [2.45, 2.75) is 0 Å². The van der Waals surface area contributed by atoms with Gasteiger partial charge in [-0.15, -0.1) is 0 Å². The molecular weight excluding hydrogens is 396 g/mol. The lowest BCUT2D eigenvalue weighted by molar-refractivity contribution is -0.137. The molecule has 0 radical (unpaired) electrons. The van der Waals surface area contributed by atoms with E-state index in [1.165, 1.54) is 42.5 Å². The van der Waals surface area contributed by atoms with Crippen LogP contribution in [0.5, 0.6) is 5.75 Å². The van der Waals surface area contributed by atoms with Gasteiger partial charge in [-0.1, -0.05) is 24.3 Å². The van der Waals surface area contributed by atoms with Crippen molar-refractivity contribution in [1.29, 1.82) is 0 Å². The summed E-state index contributed by atoms with van der Waals surface area (Å²) >= 11 is 0. The normalized spacial score (nSPS) is 13.0. The highest BCUT2D eigenvalue weighted by Gasteiger charge is 2.40. The lowest BCUT2D eigenvalue weighted by Crippen LogP contribution is -2.35. The molecule has 10 nitrogen and oxygen atoms in total. The van der Waals surface area contributed by atoms with Crippen molar-refractivity contribution >= 4 is 34.5 Å². The van der Waals surface area contributed by atoms with Gasteiger partial charge in [0.15, 0.2) is 11.4 Å². The number of fused-ring (bicyclic) bond motifs is 2. The van der Waals surface area contributed by atoms with Crippen molar-refractivity contribution < 1.29 is 34.5 Å². The van der Waals surface area contributed by atoms with Gasteiger partial charge in [-0.25, -0.2) is 4.79 Å². The van der Waals surface area contributed by atoms with Gasteiger partial charge < -0.3 is 15.3 Å². The molecule has 3 aromatic rings. The number of aromatic nitrogens is 1. The SMILES string of the molecule is O=C(O)CN1C(=O)c2cccc(-n3c(C(=O)O)c(O)c4ccccc4c3=O)c2C1=O. The molecule has 0 saturated heterocycles. The number of pyridine rings is 1. The van der Waals surface area contributed by atoms with E-state index < -0.39 is 47.3 Å². The lowest BCUT2D eigenvalue weighted by atomic mass is 10.0. The number of nitrogens with zero attached hydrogens (tertiary/aromatic N) is 2. The van der Waals surface area contributed by atoms with Gasteiger partial charge in [-0.3, -0.25) is 28.6 Å². The summed E-state index contributed by atoms with van der Waals surface area (Å²) in [7, 11) is 0. The second-order valence-electron chi connectivity index (χ2n) is 6.48. The fourth-order valence-corrected chi connectivity index (χ4v) is 3.54. The number of imide groups is 1. The number of benzene rings is 2. The highest BCUT2D eigenvalue weighted by molar-refractivity contribution is 6.24. The first kappa shape index (κ1) is 18.9. The van der Waals surface area contributed by atoms with Crippen molar-refractivity contribution in [1.82, 2.24) is 9.47 Å². The van der Waals surface area contributed by atoms with E-state index >= 15 is 0 Å². The Bertz CT molecular complexity index is 1350. The Morgan fingerprint density at radius 1 is 0.867 bits per heavy atom. The molecule has 0 unspecified atom stereocenters. The zero-order valence-corrected chi connectivity index (χ0v) is 15.0. The van der Waals surface area contributed by atoms with E-state index in [2.05, 4.69) is 0 Å². The Labute approximate surface area is 166 Å². The Balaban J connectivity index is 2.10. The fraction of sp³-hybridized carbons (Fsp3) is 0.0500. The molecule has 1 aliphatic rings. The van der Waals surface area contributed by atoms with E-state index in [4.69, 9.17) is 5.11 Å². The van der Waals surface area contributed by atoms with Crippen LogP contribution in [-0.4, -0.2) is 55.1 Å². The van der Waals surface area contributed by atoms with E-state index in [1.807, 2.05) is 0 Å². The van der Waals surface area contributed by atoms with Gasteiger partial charge in [0.2, 0.25) is 0 Å². The molecule has 2 heterocycles. The van der Waals surface area contributed by atoms with Gasteiger partial charge in [0, 0.05) is 5.39 Å². The third-order valence-electron chi connectivity index (χ3n) is 4.78. The average Bonchev–Trinajstić information content (AvgIpc) is 2.95. The number of aliphatic carboxylic acids is 1. The second-order valence-corrected chi connectivity index (χ2v) is 6.48. The van der Waals surface area contributed by atoms with Crippen LogP contribution in [0.3, 0.4) is 0 Å². The second kappa shape index (κ2) is 6.55. The first-order chi connectivity index (χ1) is 14.2. The smallest absolute Gasteiger partial charge is 0.356 e. The van der Waals surface area contributed by atoms with Crippen LogP contribution in [0.2, 0.25) is 0 Å². The average molecular weight is 408 g/mol. The summed E-state index contributed by atoms with van der Waals surface area (Å²) in [6, 6.07) is 9.64. The van der Waals surface area contributed by atoms with Crippen molar-refractivity contribution in [2.24, 2.45) is 0 Å². The van der Waals surface area contributed by atoms with Gasteiger partial charge in [-0.2, -0.15) is 0 Å². The maximum absolute atomic E-state index is 13.1. The molecule has 2 amide bonds. The van der Waals surface area contributed by atoms with Gasteiger partial charge >= 0.3 is 11.9 Å². The third-order valence-corrected chi connectivity index (χ3v) is 4.78. The number of rotatable bonds is 4. The summed E-state index contributed by atoms with van der Waals surface area (Å²) in [6.45, 7) is -0.893. The van der Waals surface area contributed by atoms with Crippen LogP contribution in [0.15, 0.2) is 47.3 Å². The minimum Gasteiger partial charge on any atom is -0.505 e. The van der Waals surface area contributed by atoms with Crippen LogP contribution in [0.25, 0.3) is 16.5 Å². The quantitative estimate of drug-likeness (QED) is 0.542. The zero-order chi connectivity index (χ0) is 21.7. The molecule has 3 N–H and O–H groups in total. The van der Waals surface area contributed by atoms with Crippen molar-refractivity contribution in [3.05, 3.63) is 69.6 Å². The van der Waals surface area contributed by atoms with Crippen LogP contribution in [0.1, 0.15) is 31.2 Å². The summed E-state index contributed by atoms with van der Waals surface area (Å²) in [5, 5.41) is 29.2. The largest absolute Gasteiger partial charge is 0.505 e. The Morgan fingerprint density at radius 2 is 1.53 bits per heavy atom. The van der Waals surface area contributed by atoms with Crippen molar-refractivity contribution in [3.63, 3.8) is 0 Å². The zero-order valence-electron chi connectivity index (χ0n) is 15.0. The highest BCUT2D eigenvalue weighted by atomic mass is 16.4. The molecule has 0 bridgehead atoms. The van der Waals surface area contributed by atoms with Gasteiger partial charge in [-0.05, 0) is 18.2 Å². The van der Waals surface area contributed by atoms with E-state index in [-0.39, 0.29) is 27.6 Å². The monoisotopic (exact) mass is 408 g/mol. The van der Waals surface area contributed by atoms with Crippen LogP contribution in [-0.2, 0) is 4.79 Å². The molecule has 0 spiro atoms. The number of aromatic carboxylic acids is 1. The van der Waals surface area contributed by atoms with Crippen LogP contribution >= 0.6 is 0 Å². The standard InChI is InChI=1S/C20H12N2O8/c23-13(24)8-21-17(26)11-6-3-7-12(14(11)19(21)28)22-15(20(29)30)16(25)9-4-1-2-5-10(9)18(22)27/h1-7,25H,8H2,(H,23,24)(H,29,30). The molecule has 150 valence electrons. The highest BCUT2D eigenvalue weighted by Crippen LogP contribution is 2.32. The molecule has 0 saturated carbocycles. The van der Waals surface area contributed by atoms with Crippen LogP contribution in [0, 0.1) is 0 Å². The van der Waals surface area contributed by atoms with Crippen molar-refractivity contribution in [2.75, 3.05) is 6.54 Å². The maximum atomic E-state index is 13.1. The molecule has 10 heteroatoms. The number of carbonyl (C=O) groups is 4. The Morgan fingerprint density at radius 3 is 2.17 bits per heavy atom. The van der Waals surface area contributed by atoms with Gasteiger partial charge in [0.1, 0.15) is 6.54 Å². The van der Waals surface area contributed by atoms with E-state index in [0.29, 0.717) is 9.47 Å². The summed E-state index contributed by atoms with van der Waals surface area (Å²) in [6.07, 6.45) is 0. The summed E-state index contributed by atoms with van der Waals surface area (Å²) in [5.74, 6) is -5.60. The number of carboxylic acids is 2. The van der Waals surface area contributed by atoms with Gasteiger partial charge in [0.25, 0.3) is 17.4 Å². The number of carbonyl (C=O) groups excluding carboxylic acids is 2. The Kier molecular flexibility index (Phi) is 4.12. The number of hydrogen-bond acceptors (Lipinski definition) is 6. The van der Waals surface area contributed by atoms with E-state index in [9.17, 15) is 34.2 Å². The molecule has 0 atom stereocenters. The predicted octanol–water partition coefficient (Wildman–Crippen LogP) is 1.08. The lowest BCUT2D eigenvalue weighted by Gasteiger charge is -2.16. The molecule has 1 aliphatic heterocycles. The third kappa shape index (κ3) is 2.54. The van der Waals surface area contributed by atoms with E-state index in [1.54, 1.807) is 0 Å². The van der Waals surface area contributed by atoms with Crippen LogP contribution in [0.4, 0.5) is 0 Å². The molecule has 2 aromatic carbocycles. The minimum atomic E-state index is -1.63.